The second-order valence-electron chi connectivity index (χ2n) is 10.1. The van der Waals surface area contributed by atoms with Gasteiger partial charge in [-0.15, -0.1) is 0 Å². The van der Waals surface area contributed by atoms with Crippen molar-refractivity contribution in [3.05, 3.63) is 95.2 Å². The number of carbonyl (C=O) groups excluding carboxylic acids is 2. The standard InChI is InChI=1S/C29H27N3O4/c1-30-16-27(33)32-24(29(30)34)11-19-12-25-26(36-17-35-25)13-21(19)28(32)22-15-31(14-18-7-3-2-4-8-18)23-10-6-5-9-20(22)23/h2-10,12-13,15,20,23-24,28H,11,14,16-17H2,1H3/t20?,23?,24-,28-/m0/s1. The number of piperazine rings is 1. The molecule has 4 atom stereocenters. The van der Waals surface area contributed by atoms with Gasteiger partial charge in [-0.3, -0.25) is 9.59 Å². The van der Waals surface area contributed by atoms with Crippen LogP contribution in [0.4, 0.5) is 0 Å². The molecule has 5 aliphatic rings. The van der Waals surface area contributed by atoms with Crippen LogP contribution >= 0.6 is 0 Å². The lowest BCUT2D eigenvalue weighted by atomic mass is 9.78. The van der Waals surface area contributed by atoms with Crippen molar-refractivity contribution in [2.45, 2.75) is 31.1 Å². The number of allylic oxidation sites excluding steroid dienone is 2. The number of carbonyl (C=O) groups is 2. The summed E-state index contributed by atoms with van der Waals surface area (Å²) in [7, 11) is 1.71. The topological polar surface area (TPSA) is 62.3 Å². The summed E-state index contributed by atoms with van der Waals surface area (Å²) in [6.45, 7) is 1.04. The zero-order chi connectivity index (χ0) is 24.4. The van der Waals surface area contributed by atoms with Gasteiger partial charge in [-0.25, -0.2) is 0 Å². The zero-order valence-corrected chi connectivity index (χ0v) is 20.0. The molecule has 2 unspecified atom stereocenters. The molecule has 0 N–H and O–H groups in total. The Morgan fingerprint density at radius 1 is 1.00 bits per heavy atom. The molecule has 36 heavy (non-hydrogen) atoms. The molecule has 4 heterocycles. The van der Waals surface area contributed by atoms with E-state index < -0.39 is 6.04 Å². The van der Waals surface area contributed by atoms with Crippen molar-refractivity contribution in [2.75, 3.05) is 20.4 Å². The third-order valence-corrected chi connectivity index (χ3v) is 7.99. The van der Waals surface area contributed by atoms with E-state index in [1.807, 2.05) is 23.1 Å². The molecule has 2 aromatic rings. The number of likely N-dealkylation sites (N-methyl/N-ethyl adjacent to an activating group) is 1. The van der Waals surface area contributed by atoms with E-state index in [1.165, 1.54) is 5.56 Å². The number of ether oxygens (including phenoxy) is 2. The van der Waals surface area contributed by atoms with Gasteiger partial charge in [0.25, 0.3) is 0 Å². The van der Waals surface area contributed by atoms with Gasteiger partial charge in [-0.2, -0.15) is 0 Å². The first-order chi connectivity index (χ1) is 17.6. The third-order valence-electron chi connectivity index (χ3n) is 7.99. The van der Waals surface area contributed by atoms with Crippen molar-refractivity contribution in [2.24, 2.45) is 5.92 Å². The van der Waals surface area contributed by atoms with Crippen molar-refractivity contribution < 1.29 is 19.1 Å². The molecule has 0 bridgehead atoms. The maximum Gasteiger partial charge on any atom is 0.245 e. The minimum Gasteiger partial charge on any atom is -0.454 e. The monoisotopic (exact) mass is 481 g/mol. The van der Waals surface area contributed by atoms with Crippen molar-refractivity contribution in [3.8, 4) is 11.5 Å². The lowest BCUT2D eigenvalue weighted by Gasteiger charge is -2.48. The Morgan fingerprint density at radius 3 is 2.61 bits per heavy atom. The van der Waals surface area contributed by atoms with Gasteiger partial charge in [-0.1, -0.05) is 54.6 Å². The van der Waals surface area contributed by atoms with Crippen LogP contribution in [0, 0.1) is 5.92 Å². The molecule has 0 radical (unpaired) electrons. The van der Waals surface area contributed by atoms with E-state index in [-0.39, 0.29) is 43.2 Å². The maximum atomic E-state index is 13.5. The van der Waals surface area contributed by atoms with Crippen LogP contribution in [0.2, 0.25) is 0 Å². The van der Waals surface area contributed by atoms with Crippen LogP contribution in [0.3, 0.4) is 0 Å². The number of nitrogens with zero attached hydrogens (tertiary/aromatic N) is 3. The smallest absolute Gasteiger partial charge is 0.245 e. The minimum absolute atomic E-state index is 0.0155. The fraction of sp³-hybridized carbons (Fsp3) is 0.310. The van der Waals surface area contributed by atoms with E-state index in [2.05, 4.69) is 59.7 Å². The highest BCUT2D eigenvalue weighted by molar-refractivity contribution is 5.96. The summed E-state index contributed by atoms with van der Waals surface area (Å²) >= 11 is 0. The summed E-state index contributed by atoms with van der Waals surface area (Å²) in [5.74, 6) is 1.46. The first kappa shape index (κ1) is 21.3. The summed E-state index contributed by atoms with van der Waals surface area (Å²) in [6.07, 6.45) is 11.3. The average molecular weight is 482 g/mol. The fourth-order valence-electron chi connectivity index (χ4n) is 6.33. The maximum absolute atomic E-state index is 13.5. The lowest BCUT2D eigenvalue weighted by molar-refractivity contribution is -0.157. The van der Waals surface area contributed by atoms with Gasteiger partial charge in [0.05, 0.1) is 18.6 Å². The highest BCUT2D eigenvalue weighted by atomic mass is 16.7. The van der Waals surface area contributed by atoms with E-state index in [1.54, 1.807) is 11.9 Å². The van der Waals surface area contributed by atoms with Crippen LogP contribution < -0.4 is 9.47 Å². The molecule has 4 aliphatic heterocycles. The summed E-state index contributed by atoms with van der Waals surface area (Å²) < 4.78 is 11.4. The Bertz CT molecular complexity index is 1350. The summed E-state index contributed by atoms with van der Waals surface area (Å²) in [5.41, 5.74) is 4.42. The van der Waals surface area contributed by atoms with E-state index in [4.69, 9.17) is 9.47 Å². The highest BCUT2D eigenvalue weighted by Gasteiger charge is 2.50. The summed E-state index contributed by atoms with van der Waals surface area (Å²) in [6, 6.07) is 13.7. The van der Waals surface area contributed by atoms with E-state index >= 15 is 0 Å². The number of benzene rings is 2. The van der Waals surface area contributed by atoms with Gasteiger partial charge in [-0.05, 0) is 34.4 Å². The van der Waals surface area contributed by atoms with Gasteiger partial charge in [0.15, 0.2) is 11.5 Å². The summed E-state index contributed by atoms with van der Waals surface area (Å²) in [4.78, 5) is 32.6. The van der Waals surface area contributed by atoms with Crippen molar-refractivity contribution in [1.82, 2.24) is 14.7 Å². The molecule has 7 nitrogen and oxygen atoms in total. The molecule has 182 valence electrons. The van der Waals surface area contributed by atoms with Crippen LogP contribution in [0.15, 0.2) is 78.5 Å². The molecule has 0 aromatic heterocycles. The molecular weight excluding hydrogens is 454 g/mol. The number of fused-ring (bicyclic) bond motifs is 4. The Kier molecular flexibility index (Phi) is 4.74. The van der Waals surface area contributed by atoms with E-state index in [0.717, 1.165) is 23.2 Å². The van der Waals surface area contributed by atoms with Crippen molar-refractivity contribution in [3.63, 3.8) is 0 Å². The molecule has 1 aliphatic carbocycles. The Labute approximate surface area is 209 Å². The number of hydrogen-bond donors (Lipinski definition) is 0. The molecule has 1 saturated heterocycles. The predicted molar refractivity (Wildman–Crippen MR) is 133 cm³/mol. The Balaban J connectivity index is 1.37. The molecule has 1 fully saturated rings. The van der Waals surface area contributed by atoms with Crippen molar-refractivity contribution in [1.29, 1.82) is 0 Å². The largest absolute Gasteiger partial charge is 0.454 e. The SMILES string of the molecule is CN1CC(=O)N2[C@H](C3=CN(Cc4ccccc4)C4C=CC=CC34)c3cc4c(cc3C[C@H]2C1=O)OCO4. The molecule has 2 aromatic carbocycles. The van der Waals surface area contributed by atoms with Gasteiger partial charge >= 0.3 is 0 Å². The van der Waals surface area contributed by atoms with Crippen molar-refractivity contribution >= 4 is 11.8 Å². The molecule has 0 spiro atoms. The highest BCUT2D eigenvalue weighted by Crippen LogP contribution is 2.50. The van der Waals surface area contributed by atoms with Crippen LogP contribution in [0.1, 0.15) is 22.7 Å². The summed E-state index contributed by atoms with van der Waals surface area (Å²) in [5, 5.41) is 0. The molecule has 0 saturated carbocycles. The Morgan fingerprint density at radius 2 is 1.78 bits per heavy atom. The number of hydrogen-bond acceptors (Lipinski definition) is 5. The number of amides is 2. The molecule has 7 heteroatoms. The number of rotatable bonds is 3. The van der Waals surface area contributed by atoms with Gasteiger partial charge in [0.1, 0.15) is 6.04 Å². The predicted octanol–water partition coefficient (Wildman–Crippen LogP) is 3.19. The van der Waals surface area contributed by atoms with E-state index in [9.17, 15) is 9.59 Å². The fourth-order valence-corrected chi connectivity index (χ4v) is 6.33. The molecular formula is C29H27N3O4. The molecule has 2 amide bonds. The lowest BCUT2D eigenvalue weighted by Crippen LogP contribution is -2.62. The second-order valence-corrected chi connectivity index (χ2v) is 10.1. The van der Waals surface area contributed by atoms with E-state index in [0.29, 0.717) is 17.9 Å². The zero-order valence-electron chi connectivity index (χ0n) is 20.0. The van der Waals surface area contributed by atoms with Crippen LogP contribution in [-0.4, -0.2) is 59.0 Å². The third kappa shape index (κ3) is 3.19. The van der Waals surface area contributed by atoms with Gasteiger partial charge in [0, 0.05) is 32.1 Å². The first-order valence-electron chi connectivity index (χ1n) is 12.4. The van der Waals surface area contributed by atoms with Gasteiger partial charge in [0.2, 0.25) is 18.6 Å². The molecule has 7 rings (SSSR count). The van der Waals surface area contributed by atoms with Crippen LogP contribution in [0.5, 0.6) is 11.5 Å². The minimum atomic E-state index is -0.528. The van der Waals surface area contributed by atoms with Crippen LogP contribution in [-0.2, 0) is 22.6 Å². The normalized spacial score (nSPS) is 27.7. The first-order valence-corrected chi connectivity index (χ1v) is 12.4. The Hall–Kier alpha value is -4.00. The van der Waals surface area contributed by atoms with Gasteiger partial charge < -0.3 is 24.2 Å². The quantitative estimate of drug-likeness (QED) is 0.674. The van der Waals surface area contributed by atoms with Crippen LogP contribution in [0.25, 0.3) is 0 Å². The average Bonchev–Trinajstić information content (AvgIpc) is 3.50. The second kappa shape index (κ2) is 8.01.